The maximum absolute atomic E-state index is 13.9. The third kappa shape index (κ3) is 7.68. The number of aliphatic hydroxyl groups is 3. The van der Waals surface area contributed by atoms with Gasteiger partial charge in [0.15, 0.2) is 0 Å². The first kappa shape index (κ1) is 46.5. The van der Waals surface area contributed by atoms with Crippen molar-refractivity contribution in [3.8, 4) is 0 Å². The summed E-state index contributed by atoms with van der Waals surface area (Å²) in [5.41, 5.74) is 0.838. The first-order valence-corrected chi connectivity index (χ1v) is 25.3. The van der Waals surface area contributed by atoms with E-state index in [1.54, 1.807) is 0 Å². The molecule has 0 saturated heterocycles. The molecule has 0 radical (unpaired) electrons. The Bertz CT molecular complexity index is 1560. The van der Waals surface area contributed by atoms with Crippen LogP contribution < -0.4 is 0 Å². The number of aliphatic carboxylic acids is 2. The normalized spacial score (nSPS) is 50.3. The van der Waals surface area contributed by atoms with Crippen molar-refractivity contribution in [2.75, 3.05) is 0 Å². The second kappa shape index (κ2) is 17.5. The van der Waals surface area contributed by atoms with Crippen LogP contribution in [0, 0.1) is 105 Å². The van der Waals surface area contributed by atoms with Gasteiger partial charge in [0.05, 0.1) is 18.3 Å². The van der Waals surface area contributed by atoms with Gasteiger partial charge in [-0.05, 0) is 202 Å². The first-order valence-electron chi connectivity index (χ1n) is 25.3. The predicted octanol–water partition coefficient (Wildman–Crippen LogP) is 10.4. The third-order valence-electron chi connectivity index (χ3n) is 21.7. The van der Waals surface area contributed by atoms with Crippen LogP contribution in [0.5, 0.6) is 0 Å². The van der Waals surface area contributed by atoms with E-state index in [2.05, 4.69) is 55.4 Å². The largest absolute Gasteiger partial charge is 0.481 e. The van der Waals surface area contributed by atoms with Crippen LogP contribution in [0.1, 0.15) is 184 Å². The number of hydrogen-bond donors (Lipinski definition) is 5. The highest BCUT2D eigenvalue weighted by atomic mass is 16.4. The standard InChI is InChI=1S/C26H44O4.C26H42O4/c2*1-5-17-21-14-16(27)10-12-26(21,4)20-11-13-25(3)18(15(2)6-9-22(28)29)7-8-19(25)23(20)24(17)30/h15-21,23-24,27,30H,5-14H2,1-4H3,(H,28,29);15-21,23,27H,5-14H2,1-4H3,(H,28,29)/t15?,16-,17-,18-,19+,20+,21+,23+,24-,25-,26-;15?,16-,17-,18-,19+,20+,21+,23+,25-,26-/m11/s1. The lowest BCUT2D eigenvalue weighted by molar-refractivity contribution is -0.203. The molecule has 342 valence electrons. The lowest BCUT2D eigenvalue weighted by Crippen LogP contribution is -2.62. The molecule has 0 aromatic carbocycles. The lowest BCUT2D eigenvalue weighted by Gasteiger charge is -2.64. The number of carbonyl (C=O) groups excluding carboxylic acids is 1. The highest BCUT2D eigenvalue weighted by molar-refractivity contribution is 5.86. The number of carbonyl (C=O) groups is 3. The molecule has 0 bridgehead atoms. The Hall–Kier alpha value is -1.51. The van der Waals surface area contributed by atoms with E-state index in [0.717, 1.165) is 83.5 Å². The Morgan fingerprint density at radius 2 is 1.02 bits per heavy atom. The molecule has 8 aliphatic carbocycles. The Labute approximate surface area is 363 Å². The maximum Gasteiger partial charge on any atom is 0.303 e. The van der Waals surface area contributed by atoms with Gasteiger partial charge in [-0.3, -0.25) is 14.4 Å². The summed E-state index contributed by atoms with van der Waals surface area (Å²) in [5, 5.41) is 50.8. The summed E-state index contributed by atoms with van der Waals surface area (Å²) in [4.78, 5) is 36.1. The highest BCUT2D eigenvalue weighted by Gasteiger charge is 2.67. The highest BCUT2D eigenvalue weighted by Crippen LogP contribution is 2.71. The molecule has 0 amide bonds. The number of carboxylic acids is 2. The van der Waals surface area contributed by atoms with Crippen LogP contribution in [-0.2, 0) is 14.4 Å². The van der Waals surface area contributed by atoms with Crippen LogP contribution in [0.3, 0.4) is 0 Å². The van der Waals surface area contributed by atoms with Gasteiger partial charge in [0.2, 0.25) is 0 Å². The minimum absolute atomic E-state index is 0.108. The van der Waals surface area contributed by atoms with Crippen molar-refractivity contribution in [1.29, 1.82) is 0 Å². The molecular formula is C52H86O8. The zero-order chi connectivity index (χ0) is 43.7. The molecule has 0 heterocycles. The molecule has 21 atom stereocenters. The van der Waals surface area contributed by atoms with Crippen molar-refractivity contribution >= 4 is 17.7 Å². The maximum atomic E-state index is 13.9. The number of hydrogen-bond acceptors (Lipinski definition) is 6. The van der Waals surface area contributed by atoms with Gasteiger partial charge in [0, 0.05) is 24.7 Å². The summed E-state index contributed by atoms with van der Waals surface area (Å²) in [7, 11) is 0. The van der Waals surface area contributed by atoms with E-state index in [4.69, 9.17) is 10.2 Å². The van der Waals surface area contributed by atoms with E-state index in [-0.39, 0.29) is 64.6 Å². The van der Waals surface area contributed by atoms with Gasteiger partial charge in [0.25, 0.3) is 0 Å². The van der Waals surface area contributed by atoms with Gasteiger partial charge >= 0.3 is 11.9 Å². The quantitative estimate of drug-likeness (QED) is 0.146. The van der Waals surface area contributed by atoms with Gasteiger partial charge in [-0.2, -0.15) is 0 Å². The molecule has 2 unspecified atom stereocenters. The smallest absolute Gasteiger partial charge is 0.303 e. The lowest BCUT2D eigenvalue weighted by atomic mass is 9.41. The fraction of sp³-hybridized carbons (Fsp3) is 0.942. The third-order valence-corrected chi connectivity index (χ3v) is 21.7. The van der Waals surface area contributed by atoms with E-state index in [1.807, 2.05) is 0 Å². The zero-order valence-electron chi connectivity index (χ0n) is 38.9. The Morgan fingerprint density at radius 3 is 1.53 bits per heavy atom. The van der Waals surface area contributed by atoms with Crippen LogP contribution >= 0.6 is 0 Å². The van der Waals surface area contributed by atoms with Crippen molar-refractivity contribution in [1.82, 2.24) is 0 Å². The Kier molecular flexibility index (Phi) is 13.5. The van der Waals surface area contributed by atoms with E-state index >= 15 is 0 Å². The molecule has 5 N–H and O–H groups in total. The summed E-state index contributed by atoms with van der Waals surface area (Å²) < 4.78 is 0. The number of ketones is 1. The number of rotatable bonds is 10. The predicted molar refractivity (Wildman–Crippen MR) is 235 cm³/mol. The van der Waals surface area contributed by atoms with Crippen LogP contribution in [0.15, 0.2) is 0 Å². The minimum Gasteiger partial charge on any atom is -0.481 e. The number of fused-ring (bicyclic) bond motifs is 10. The molecule has 0 aliphatic heterocycles. The second-order valence-electron chi connectivity index (χ2n) is 23.9. The number of aliphatic hydroxyl groups excluding tert-OH is 3. The Balaban J connectivity index is 0.000000181. The van der Waals surface area contributed by atoms with Gasteiger partial charge < -0.3 is 25.5 Å². The molecule has 8 nitrogen and oxygen atoms in total. The molecule has 0 aromatic rings. The van der Waals surface area contributed by atoms with Crippen molar-refractivity contribution in [2.45, 2.75) is 202 Å². The van der Waals surface area contributed by atoms with Crippen molar-refractivity contribution in [3.63, 3.8) is 0 Å². The molecule has 8 fully saturated rings. The van der Waals surface area contributed by atoms with Crippen LogP contribution in [0.25, 0.3) is 0 Å². The van der Waals surface area contributed by atoms with E-state index in [0.29, 0.717) is 76.8 Å². The van der Waals surface area contributed by atoms with E-state index in [1.165, 1.54) is 32.1 Å². The summed E-state index contributed by atoms with van der Waals surface area (Å²) in [6, 6.07) is 0. The topological polar surface area (TPSA) is 152 Å². The van der Waals surface area contributed by atoms with Crippen molar-refractivity contribution in [2.24, 2.45) is 105 Å². The average Bonchev–Trinajstić information content (AvgIpc) is 3.74. The molecule has 8 saturated carbocycles. The fourth-order valence-electron chi connectivity index (χ4n) is 18.6. The SMILES string of the molecule is CC[C@H]1C(=O)[C@@H]2[C@H](CC[C@]3(C)[C@@H](C(C)CCC(=O)O)CC[C@@H]23)[C@@]2(C)CC[C@@H](O)C[C@@H]12.CC[C@H]1[C@@H](O)[C@@H]2[C@H](CC[C@]3(C)[C@@H](C(C)CCC(=O)O)CC[C@@H]23)[C@@]2(C)CC[C@@H](O)C[C@@H]12. The van der Waals surface area contributed by atoms with Crippen LogP contribution in [0.4, 0.5) is 0 Å². The molecule has 0 aromatic heterocycles. The Morgan fingerprint density at radius 1 is 0.583 bits per heavy atom. The van der Waals surface area contributed by atoms with Gasteiger partial charge in [0.1, 0.15) is 5.78 Å². The summed E-state index contributed by atoms with van der Waals surface area (Å²) >= 11 is 0. The summed E-state index contributed by atoms with van der Waals surface area (Å²) in [6.45, 7) is 18.7. The molecule has 8 heteroatoms. The molecule has 60 heavy (non-hydrogen) atoms. The average molecular weight is 839 g/mol. The molecular weight excluding hydrogens is 753 g/mol. The van der Waals surface area contributed by atoms with Gasteiger partial charge in [-0.15, -0.1) is 0 Å². The number of Topliss-reactive ketones (excluding diaryl/α,β-unsaturated/α-hetero) is 1. The monoisotopic (exact) mass is 839 g/mol. The van der Waals surface area contributed by atoms with Gasteiger partial charge in [-0.1, -0.05) is 61.8 Å². The second-order valence-corrected chi connectivity index (χ2v) is 23.9. The van der Waals surface area contributed by atoms with Gasteiger partial charge in [-0.25, -0.2) is 0 Å². The molecule has 0 spiro atoms. The van der Waals surface area contributed by atoms with Crippen molar-refractivity contribution < 1.29 is 39.9 Å². The fourth-order valence-corrected chi connectivity index (χ4v) is 18.6. The zero-order valence-corrected chi connectivity index (χ0v) is 38.9. The first-order chi connectivity index (χ1) is 28.3. The van der Waals surface area contributed by atoms with E-state index < -0.39 is 11.9 Å². The molecule has 8 rings (SSSR count). The van der Waals surface area contributed by atoms with Crippen molar-refractivity contribution in [3.05, 3.63) is 0 Å². The van der Waals surface area contributed by atoms with Crippen LogP contribution in [-0.4, -0.2) is 61.6 Å². The molecule has 8 aliphatic rings. The summed E-state index contributed by atoms with van der Waals surface area (Å²) in [5.74, 6) is 4.89. The summed E-state index contributed by atoms with van der Waals surface area (Å²) in [6.07, 6.45) is 18.3. The number of carboxylic acid groups (broad SMARTS) is 2. The minimum atomic E-state index is -0.697. The van der Waals surface area contributed by atoms with E-state index in [9.17, 15) is 29.7 Å². The van der Waals surface area contributed by atoms with Crippen LogP contribution in [0.2, 0.25) is 0 Å².